The third kappa shape index (κ3) is 2.92. The van der Waals surface area contributed by atoms with Crippen molar-refractivity contribution in [1.29, 1.82) is 0 Å². The first kappa shape index (κ1) is 14.4. The molecule has 1 aliphatic carbocycles. The fourth-order valence-electron chi connectivity index (χ4n) is 3.38. The standard InChI is InChI=1S/C16H26N4O/c1-4-17-15(18-10-14-19-12(2)13(3)21-14)20-9-8-16(11-20)6-5-7-16/h4-11H2,1-3H3,(H,17,18). The molecule has 1 aromatic rings. The van der Waals surface area contributed by atoms with Crippen LogP contribution in [0.25, 0.3) is 0 Å². The van der Waals surface area contributed by atoms with E-state index in [4.69, 9.17) is 9.41 Å². The summed E-state index contributed by atoms with van der Waals surface area (Å²) in [6.45, 7) is 9.72. The average Bonchev–Trinajstić information content (AvgIpc) is 2.99. The van der Waals surface area contributed by atoms with E-state index in [0.717, 1.165) is 37.0 Å². The van der Waals surface area contributed by atoms with Gasteiger partial charge in [-0.2, -0.15) is 0 Å². The summed E-state index contributed by atoms with van der Waals surface area (Å²) in [5.74, 6) is 2.60. The molecule has 0 bridgehead atoms. The molecule has 2 heterocycles. The lowest BCUT2D eigenvalue weighted by atomic mass is 9.68. The van der Waals surface area contributed by atoms with Crippen LogP contribution in [0, 0.1) is 19.3 Å². The van der Waals surface area contributed by atoms with Crippen LogP contribution in [0.4, 0.5) is 0 Å². The number of hydrogen-bond donors (Lipinski definition) is 1. The number of oxazole rings is 1. The van der Waals surface area contributed by atoms with Crippen LogP contribution in [-0.4, -0.2) is 35.5 Å². The topological polar surface area (TPSA) is 53.7 Å². The van der Waals surface area contributed by atoms with Gasteiger partial charge in [-0.15, -0.1) is 0 Å². The van der Waals surface area contributed by atoms with E-state index in [9.17, 15) is 0 Å². The second kappa shape index (κ2) is 5.70. The SMILES string of the molecule is CCNC(=NCc1nc(C)c(C)o1)N1CCC2(CCC2)C1. The number of likely N-dealkylation sites (tertiary alicyclic amines) is 1. The van der Waals surface area contributed by atoms with Crippen LogP contribution in [0.2, 0.25) is 0 Å². The lowest BCUT2D eigenvalue weighted by molar-refractivity contribution is 0.151. The molecule has 0 aromatic carbocycles. The van der Waals surface area contributed by atoms with Crippen LogP contribution < -0.4 is 5.32 Å². The van der Waals surface area contributed by atoms with Crippen molar-refractivity contribution in [3.63, 3.8) is 0 Å². The summed E-state index contributed by atoms with van der Waals surface area (Å²) < 4.78 is 5.61. The number of nitrogens with one attached hydrogen (secondary N) is 1. The first-order valence-electron chi connectivity index (χ1n) is 8.08. The van der Waals surface area contributed by atoms with Crippen LogP contribution in [0.3, 0.4) is 0 Å². The van der Waals surface area contributed by atoms with Crippen LogP contribution in [0.5, 0.6) is 0 Å². The number of aromatic nitrogens is 1. The van der Waals surface area contributed by atoms with Crippen molar-refractivity contribution in [2.75, 3.05) is 19.6 Å². The molecule has 0 atom stereocenters. The minimum absolute atomic E-state index is 0.514. The zero-order valence-corrected chi connectivity index (χ0v) is 13.4. The zero-order chi connectivity index (χ0) is 14.9. The van der Waals surface area contributed by atoms with Crippen molar-refractivity contribution in [2.45, 2.75) is 53.0 Å². The Labute approximate surface area is 126 Å². The van der Waals surface area contributed by atoms with Gasteiger partial charge in [-0.1, -0.05) is 6.42 Å². The van der Waals surface area contributed by atoms with Gasteiger partial charge in [0.1, 0.15) is 12.3 Å². The molecule has 1 N–H and O–H groups in total. The molecule has 1 saturated carbocycles. The second-order valence-electron chi connectivity index (χ2n) is 6.44. The van der Waals surface area contributed by atoms with Crippen molar-refractivity contribution in [1.82, 2.24) is 15.2 Å². The Morgan fingerprint density at radius 1 is 1.38 bits per heavy atom. The van der Waals surface area contributed by atoms with Crippen molar-refractivity contribution in [3.8, 4) is 0 Å². The third-order valence-electron chi connectivity index (χ3n) is 4.92. The van der Waals surface area contributed by atoms with E-state index < -0.39 is 0 Å². The molecule has 1 spiro atoms. The summed E-state index contributed by atoms with van der Waals surface area (Å²) in [5.41, 5.74) is 1.55. The lowest BCUT2D eigenvalue weighted by Gasteiger charge is -2.38. The maximum absolute atomic E-state index is 5.61. The van der Waals surface area contributed by atoms with Gasteiger partial charge in [-0.25, -0.2) is 9.98 Å². The van der Waals surface area contributed by atoms with Gasteiger partial charge < -0.3 is 14.6 Å². The van der Waals surface area contributed by atoms with Crippen molar-refractivity contribution < 1.29 is 4.42 Å². The van der Waals surface area contributed by atoms with Gasteiger partial charge >= 0.3 is 0 Å². The summed E-state index contributed by atoms with van der Waals surface area (Å²) in [6, 6.07) is 0. The summed E-state index contributed by atoms with van der Waals surface area (Å²) in [4.78, 5) is 11.5. The van der Waals surface area contributed by atoms with Gasteiger partial charge in [0.25, 0.3) is 0 Å². The first-order valence-corrected chi connectivity index (χ1v) is 8.08. The Balaban J connectivity index is 1.67. The fourth-order valence-corrected chi connectivity index (χ4v) is 3.38. The molecule has 0 amide bonds. The Bertz CT molecular complexity index is 511. The highest BCUT2D eigenvalue weighted by molar-refractivity contribution is 5.80. The molecule has 1 saturated heterocycles. The molecule has 1 aliphatic heterocycles. The van der Waals surface area contributed by atoms with Crippen molar-refractivity contribution in [2.24, 2.45) is 10.4 Å². The lowest BCUT2D eigenvalue weighted by Crippen LogP contribution is -2.42. The van der Waals surface area contributed by atoms with E-state index in [1.165, 1.54) is 25.7 Å². The van der Waals surface area contributed by atoms with E-state index in [1.807, 2.05) is 13.8 Å². The molecule has 5 nitrogen and oxygen atoms in total. The largest absolute Gasteiger partial charge is 0.444 e. The molecule has 5 heteroatoms. The van der Waals surface area contributed by atoms with E-state index in [1.54, 1.807) is 0 Å². The monoisotopic (exact) mass is 290 g/mol. The van der Waals surface area contributed by atoms with Crippen LogP contribution in [-0.2, 0) is 6.54 Å². The molecular formula is C16H26N4O. The number of rotatable bonds is 3. The minimum Gasteiger partial charge on any atom is -0.444 e. The van der Waals surface area contributed by atoms with Crippen LogP contribution in [0.1, 0.15) is 50.0 Å². The Hall–Kier alpha value is -1.52. The van der Waals surface area contributed by atoms with Gasteiger partial charge in [0.2, 0.25) is 5.89 Å². The molecule has 116 valence electrons. The van der Waals surface area contributed by atoms with Gasteiger partial charge in [-0.3, -0.25) is 0 Å². The maximum Gasteiger partial charge on any atom is 0.216 e. The Morgan fingerprint density at radius 3 is 2.71 bits per heavy atom. The average molecular weight is 290 g/mol. The molecule has 2 fully saturated rings. The van der Waals surface area contributed by atoms with Gasteiger partial charge in [0, 0.05) is 19.6 Å². The number of nitrogens with zero attached hydrogens (tertiary/aromatic N) is 3. The summed E-state index contributed by atoms with van der Waals surface area (Å²) in [6.07, 6.45) is 5.49. The van der Waals surface area contributed by atoms with Crippen LogP contribution >= 0.6 is 0 Å². The van der Waals surface area contributed by atoms with E-state index in [0.29, 0.717) is 17.9 Å². The van der Waals surface area contributed by atoms with E-state index in [2.05, 4.69) is 22.1 Å². The normalized spacial score (nSPS) is 20.9. The molecule has 2 aliphatic rings. The predicted octanol–water partition coefficient (Wildman–Crippen LogP) is 2.63. The van der Waals surface area contributed by atoms with Gasteiger partial charge in [0.15, 0.2) is 5.96 Å². The molecule has 1 aromatic heterocycles. The zero-order valence-electron chi connectivity index (χ0n) is 13.4. The maximum atomic E-state index is 5.61. The molecule has 0 radical (unpaired) electrons. The Kier molecular flexibility index (Phi) is 3.91. The summed E-state index contributed by atoms with van der Waals surface area (Å²) >= 11 is 0. The molecule has 3 rings (SSSR count). The smallest absolute Gasteiger partial charge is 0.216 e. The highest BCUT2D eigenvalue weighted by atomic mass is 16.4. The number of aryl methyl sites for hydroxylation is 2. The third-order valence-corrected chi connectivity index (χ3v) is 4.92. The fraction of sp³-hybridized carbons (Fsp3) is 0.750. The van der Waals surface area contributed by atoms with Gasteiger partial charge in [0.05, 0.1) is 5.69 Å². The first-order chi connectivity index (χ1) is 10.1. The second-order valence-corrected chi connectivity index (χ2v) is 6.44. The van der Waals surface area contributed by atoms with Gasteiger partial charge in [-0.05, 0) is 45.4 Å². The summed E-state index contributed by atoms with van der Waals surface area (Å²) in [7, 11) is 0. The number of guanidine groups is 1. The predicted molar refractivity (Wildman–Crippen MR) is 83.3 cm³/mol. The van der Waals surface area contributed by atoms with E-state index in [-0.39, 0.29) is 0 Å². The highest BCUT2D eigenvalue weighted by Gasteiger charge is 2.43. The molecule has 21 heavy (non-hydrogen) atoms. The molecular weight excluding hydrogens is 264 g/mol. The van der Waals surface area contributed by atoms with Crippen molar-refractivity contribution in [3.05, 3.63) is 17.3 Å². The number of aliphatic imine (C=N–C) groups is 1. The Morgan fingerprint density at radius 2 is 2.19 bits per heavy atom. The van der Waals surface area contributed by atoms with E-state index >= 15 is 0 Å². The highest BCUT2D eigenvalue weighted by Crippen LogP contribution is 2.47. The quantitative estimate of drug-likeness (QED) is 0.687. The van der Waals surface area contributed by atoms with Crippen molar-refractivity contribution >= 4 is 5.96 Å². The minimum atomic E-state index is 0.514. The summed E-state index contributed by atoms with van der Waals surface area (Å²) in [5, 5.41) is 3.41. The molecule has 0 unspecified atom stereocenters. The number of hydrogen-bond acceptors (Lipinski definition) is 3. The van der Waals surface area contributed by atoms with Crippen LogP contribution in [0.15, 0.2) is 9.41 Å².